The van der Waals surface area contributed by atoms with E-state index in [4.69, 9.17) is 5.14 Å². The molecule has 0 amide bonds. The van der Waals surface area contributed by atoms with Gasteiger partial charge >= 0.3 is 11.8 Å². The van der Waals surface area contributed by atoms with Crippen LogP contribution in [0.15, 0.2) is 64.0 Å². The first-order valence-corrected chi connectivity index (χ1v) is 8.24. The van der Waals surface area contributed by atoms with Crippen molar-refractivity contribution >= 4 is 10.0 Å². The van der Waals surface area contributed by atoms with Crippen LogP contribution in [0.4, 0.5) is 8.78 Å². The zero-order valence-electron chi connectivity index (χ0n) is 12.1. The van der Waals surface area contributed by atoms with Crippen molar-refractivity contribution in [3.8, 4) is 11.4 Å². The summed E-state index contributed by atoms with van der Waals surface area (Å²) >= 11 is 0. The third kappa shape index (κ3) is 3.03. The highest BCUT2D eigenvalue weighted by Gasteiger charge is 2.40. The molecule has 0 aliphatic carbocycles. The summed E-state index contributed by atoms with van der Waals surface area (Å²) in [4.78, 5) is 3.61. The highest BCUT2D eigenvalue weighted by molar-refractivity contribution is 7.89. The number of hydrogen-bond acceptors (Lipinski definition) is 5. The minimum Gasteiger partial charge on any atom is -0.332 e. The van der Waals surface area contributed by atoms with Gasteiger partial charge in [0, 0.05) is 11.1 Å². The van der Waals surface area contributed by atoms with Crippen LogP contribution >= 0.6 is 0 Å². The van der Waals surface area contributed by atoms with Crippen LogP contribution in [0.1, 0.15) is 11.5 Å². The number of primary sulfonamides is 1. The maximum absolute atomic E-state index is 14.3. The lowest BCUT2D eigenvalue weighted by Gasteiger charge is -2.11. The number of aromatic nitrogens is 2. The average molecular weight is 351 g/mol. The molecular formula is C15H11F2N3O3S. The van der Waals surface area contributed by atoms with Gasteiger partial charge < -0.3 is 4.52 Å². The second-order valence-electron chi connectivity index (χ2n) is 4.93. The van der Waals surface area contributed by atoms with Crippen molar-refractivity contribution in [3.05, 3.63) is 66.1 Å². The minimum absolute atomic E-state index is 0.0819. The van der Waals surface area contributed by atoms with Gasteiger partial charge in [-0.25, -0.2) is 13.6 Å². The molecule has 0 fully saturated rings. The van der Waals surface area contributed by atoms with E-state index >= 15 is 0 Å². The van der Waals surface area contributed by atoms with Gasteiger partial charge in [-0.2, -0.15) is 13.8 Å². The molecule has 0 saturated carbocycles. The van der Waals surface area contributed by atoms with E-state index in [9.17, 15) is 17.2 Å². The molecule has 0 unspecified atom stereocenters. The molecule has 1 heterocycles. The molecule has 0 saturated heterocycles. The monoisotopic (exact) mass is 351 g/mol. The Labute approximate surface area is 136 Å². The smallest absolute Gasteiger partial charge is 0.332 e. The summed E-state index contributed by atoms with van der Waals surface area (Å²) in [6.45, 7) is 0. The van der Waals surface area contributed by atoms with Crippen LogP contribution in [0.5, 0.6) is 0 Å². The molecule has 3 aromatic rings. The standard InChI is InChI=1S/C15H11F2N3O3S/c16-15(17,11-4-2-1-3-5-11)14-19-13(20-23-14)10-6-8-12(9-7-10)24(18,21)22/h1-9H,(H2,18,21,22). The van der Waals surface area contributed by atoms with Gasteiger partial charge in [-0.05, 0) is 24.3 Å². The topological polar surface area (TPSA) is 99.1 Å². The number of alkyl halides is 2. The Morgan fingerprint density at radius 3 is 2.21 bits per heavy atom. The summed E-state index contributed by atoms with van der Waals surface area (Å²) in [5.74, 6) is -4.37. The number of nitrogens with zero attached hydrogens (tertiary/aromatic N) is 2. The number of sulfonamides is 1. The van der Waals surface area contributed by atoms with Gasteiger partial charge in [0.2, 0.25) is 15.8 Å². The van der Waals surface area contributed by atoms with Gasteiger partial charge in [0.1, 0.15) is 0 Å². The van der Waals surface area contributed by atoms with Crippen LogP contribution in [-0.4, -0.2) is 18.6 Å². The van der Waals surface area contributed by atoms with Crippen molar-refractivity contribution in [1.82, 2.24) is 10.1 Å². The fourth-order valence-corrected chi connectivity index (χ4v) is 2.55. The summed E-state index contributed by atoms with van der Waals surface area (Å²) in [5.41, 5.74) is 0.0473. The molecule has 3 rings (SSSR count). The molecular weight excluding hydrogens is 340 g/mol. The lowest BCUT2D eigenvalue weighted by molar-refractivity contribution is 0.00761. The van der Waals surface area contributed by atoms with Crippen LogP contribution in [0.3, 0.4) is 0 Å². The summed E-state index contributed by atoms with van der Waals surface area (Å²) in [5, 5.41) is 8.52. The van der Waals surface area contributed by atoms with Crippen LogP contribution in [-0.2, 0) is 15.9 Å². The summed E-state index contributed by atoms with van der Waals surface area (Å²) in [6, 6.07) is 12.3. The van der Waals surface area contributed by atoms with E-state index < -0.39 is 21.8 Å². The maximum atomic E-state index is 14.3. The van der Waals surface area contributed by atoms with Gasteiger partial charge in [0.15, 0.2) is 0 Å². The van der Waals surface area contributed by atoms with E-state index in [1.807, 2.05) is 0 Å². The van der Waals surface area contributed by atoms with E-state index in [-0.39, 0.29) is 16.3 Å². The first kappa shape index (κ1) is 16.2. The Kier molecular flexibility index (Phi) is 3.90. The van der Waals surface area contributed by atoms with Gasteiger partial charge in [-0.1, -0.05) is 35.5 Å². The van der Waals surface area contributed by atoms with Gasteiger partial charge in [-0.15, -0.1) is 0 Å². The van der Waals surface area contributed by atoms with Gasteiger partial charge in [0.25, 0.3) is 0 Å². The Bertz CT molecular complexity index is 955. The van der Waals surface area contributed by atoms with E-state index in [0.717, 1.165) is 0 Å². The van der Waals surface area contributed by atoms with Crippen LogP contribution < -0.4 is 5.14 Å². The van der Waals surface area contributed by atoms with Crippen molar-refractivity contribution in [1.29, 1.82) is 0 Å². The number of nitrogens with two attached hydrogens (primary N) is 1. The van der Waals surface area contributed by atoms with Crippen molar-refractivity contribution in [3.63, 3.8) is 0 Å². The largest absolute Gasteiger partial charge is 0.350 e. The van der Waals surface area contributed by atoms with Crippen molar-refractivity contribution in [2.75, 3.05) is 0 Å². The first-order valence-electron chi connectivity index (χ1n) is 6.69. The number of halogens is 2. The van der Waals surface area contributed by atoms with E-state index in [2.05, 4.69) is 14.7 Å². The van der Waals surface area contributed by atoms with Crippen LogP contribution in [0, 0.1) is 0 Å². The van der Waals surface area contributed by atoms with Gasteiger partial charge in [-0.3, -0.25) is 0 Å². The lowest BCUT2D eigenvalue weighted by atomic mass is 10.1. The second kappa shape index (κ2) is 5.77. The molecule has 0 aliphatic rings. The highest BCUT2D eigenvalue weighted by atomic mass is 32.2. The number of rotatable bonds is 4. The van der Waals surface area contributed by atoms with Gasteiger partial charge in [0.05, 0.1) is 4.90 Å². The predicted molar refractivity (Wildman–Crippen MR) is 80.5 cm³/mol. The first-order chi connectivity index (χ1) is 11.3. The van der Waals surface area contributed by atoms with Crippen LogP contribution in [0.25, 0.3) is 11.4 Å². The zero-order chi connectivity index (χ0) is 17.4. The molecule has 0 spiro atoms. The Morgan fingerprint density at radius 1 is 1.00 bits per heavy atom. The Morgan fingerprint density at radius 2 is 1.62 bits per heavy atom. The second-order valence-corrected chi connectivity index (χ2v) is 6.49. The number of hydrogen-bond donors (Lipinski definition) is 1. The lowest BCUT2D eigenvalue weighted by Crippen LogP contribution is -2.15. The molecule has 2 aromatic carbocycles. The third-order valence-corrected chi connectivity index (χ3v) is 4.20. The molecule has 0 atom stereocenters. The van der Waals surface area contributed by atoms with Crippen molar-refractivity contribution in [2.24, 2.45) is 5.14 Å². The highest BCUT2D eigenvalue weighted by Crippen LogP contribution is 2.35. The molecule has 124 valence electrons. The third-order valence-electron chi connectivity index (χ3n) is 3.27. The quantitative estimate of drug-likeness (QED) is 0.779. The van der Waals surface area contributed by atoms with E-state index in [0.29, 0.717) is 5.56 Å². The fraction of sp³-hybridized carbons (Fsp3) is 0.0667. The molecule has 0 radical (unpaired) electrons. The SMILES string of the molecule is NS(=O)(=O)c1ccc(-c2noc(C(F)(F)c3ccccc3)n2)cc1. The molecule has 2 N–H and O–H groups in total. The summed E-state index contributed by atoms with van der Waals surface area (Å²) in [6.07, 6.45) is 0. The molecule has 0 aliphatic heterocycles. The molecule has 6 nitrogen and oxygen atoms in total. The van der Waals surface area contributed by atoms with E-state index in [1.165, 1.54) is 48.5 Å². The summed E-state index contributed by atoms with van der Waals surface area (Å²) < 4.78 is 55.8. The predicted octanol–water partition coefficient (Wildman–Crippen LogP) is 2.52. The number of benzene rings is 2. The molecule has 1 aromatic heterocycles. The molecule has 24 heavy (non-hydrogen) atoms. The Balaban J connectivity index is 1.94. The minimum atomic E-state index is -3.84. The molecule has 9 heteroatoms. The zero-order valence-corrected chi connectivity index (χ0v) is 12.9. The Hall–Kier alpha value is -2.65. The van der Waals surface area contributed by atoms with E-state index in [1.54, 1.807) is 6.07 Å². The molecule has 0 bridgehead atoms. The fourth-order valence-electron chi connectivity index (χ4n) is 2.03. The average Bonchev–Trinajstić information content (AvgIpc) is 3.06. The van der Waals surface area contributed by atoms with Crippen LogP contribution in [0.2, 0.25) is 0 Å². The normalized spacial score (nSPS) is 12.3. The van der Waals surface area contributed by atoms with Crippen molar-refractivity contribution in [2.45, 2.75) is 10.8 Å². The maximum Gasteiger partial charge on any atom is 0.350 e. The summed E-state index contributed by atoms with van der Waals surface area (Å²) in [7, 11) is -3.84. The van der Waals surface area contributed by atoms with Crippen molar-refractivity contribution < 1.29 is 21.7 Å².